The zero-order valence-corrected chi connectivity index (χ0v) is 10.3. The monoisotopic (exact) mass is 229 g/mol. The van der Waals surface area contributed by atoms with E-state index in [-0.39, 0.29) is 18.6 Å². The standard InChI is InChI=1S/C11H23N3O2/c1-10(2)16-9-11(15)13-5-8-14-6-3-12-4-7-14/h10,12H,3-9H2,1-2H3,(H,13,15). The maximum absolute atomic E-state index is 11.3. The summed E-state index contributed by atoms with van der Waals surface area (Å²) in [6.45, 7) is 9.88. The summed E-state index contributed by atoms with van der Waals surface area (Å²) < 4.78 is 5.21. The van der Waals surface area contributed by atoms with Gasteiger partial charge in [-0.05, 0) is 13.8 Å². The van der Waals surface area contributed by atoms with Crippen molar-refractivity contribution in [3.05, 3.63) is 0 Å². The predicted molar refractivity (Wildman–Crippen MR) is 63.4 cm³/mol. The quantitative estimate of drug-likeness (QED) is 0.640. The van der Waals surface area contributed by atoms with Crippen LogP contribution in [0.5, 0.6) is 0 Å². The van der Waals surface area contributed by atoms with E-state index in [9.17, 15) is 4.79 Å². The molecule has 1 saturated heterocycles. The van der Waals surface area contributed by atoms with Crippen LogP contribution in [0.15, 0.2) is 0 Å². The van der Waals surface area contributed by atoms with Gasteiger partial charge in [0.05, 0.1) is 6.10 Å². The molecule has 5 heteroatoms. The summed E-state index contributed by atoms with van der Waals surface area (Å²) in [5.41, 5.74) is 0. The van der Waals surface area contributed by atoms with E-state index in [0.29, 0.717) is 6.54 Å². The molecule has 0 aliphatic carbocycles. The molecule has 2 N–H and O–H groups in total. The van der Waals surface area contributed by atoms with Crippen molar-refractivity contribution in [2.45, 2.75) is 20.0 Å². The van der Waals surface area contributed by atoms with Crippen molar-refractivity contribution in [1.29, 1.82) is 0 Å². The average molecular weight is 229 g/mol. The number of hydrogen-bond donors (Lipinski definition) is 2. The van der Waals surface area contributed by atoms with Crippen LogP contribution in [0.25, 0.3) is 0 Å². The highest BCUT2D eigenvalue weighted by atomic mass is 16.5. The molecule has 1 heterocycles. The third-order valence-corrected chi connectivity index (χ3v) is 2.51. The molecule has 0 atom stereocenters. The van der Waals surface area contributed by atoms with Crippen molar-refractivity contribution in [2.24, 2.45) is 0 Å². The van der Waals surface area contributed by atoms with Gasteiger partial charge < -0.3 is 15.4 Å². The minimum atomic E-state index is -0.0242. The van der Waals surface area contributed by atoms with Crippen molar-refractivity contribution in [3.8, 4) is 0 Å². The first-order valence-electron chi connectivity index (χ1n) is 6.00. The number of carbonyl (C=O) groups is 1. The molecule has 0 radical (unpaired) electrons. The topological polar surface area (TPSA) is 53.6 Å². The summed E-state index contributed by atoms with van der Waals surface area (Å²) in [7, 11) is 0. The highest BCUT2D eigenvalue weighted by molar-refractivity contribution is 5.77. The van der Waals surface area contributed by atoms with Crippen LogP contribution in [-0.4, -0.2) is 62.8 Å². The normalized spacial score (nSPS) is 17.7. The molecule has 16 heavy (non-hydrogen) atoms. The fourth-order valence-electron chi connectivity index (χ4n) is 1.58. The van der Waals surface area contributed by atoms with Crippen molar-refractivity contribution in [3.63, 3.8) is 0 Å². The molecular formula is C11H23N3O2. The molecule has 1 amide bonds. The van der Waals surface area contributed by atoms with Gasteiger partial charge in [-0.1, -0.05) is 0 Å². The van der Waals surface area contributed by atoms with Crippen LogP contribution >= 0.6 is 0 Å². The molecule has 0 aromatic rings. The lowest BCUT2D eigenvalue weighted by atomic mass is 10.3. The molecule has 0 aromatic carbocycles. The Bertz CT molecular complexity index is 203. The SMILES string of the molecule is CC(C)OCC(=O)NCCN1CCNCC1. The summed E-state index contributed by atoms with van der Waals surface area (Å²) in [5.74, 6) is -0.0242. The van der Waals surface area contributed by atoms with Gasteiger partial charge in [0.2, 0.25) is 5.91 Å². The van der Waals surface area contributed by atoms with Gasteiger partial charge in [0, 0.05) is 39.3 Å². The first-order valence-corrected chi connectivity index (χ1v) is 6.00. The van der Waals surface area contributed by atoms with E-state index in [1.165, 1.54) is 0 Å². The van der Waals surface area contributed by atoms with Crippen LogP contribution in [0, 0.1) is 0 Å². The number of amides is 1. The van der Waals surface area contributed by atoms with Crippen LogP contribution in [0.3, 0.4) is 0 Å². The molecule has 0 bridgehead atoms. The van der Waals surface area contributed by atoms with Crippen LogP contribution in [0.2, 0.25) is 0 Å². The van der Waals surface area contributed by atoms with E-state index in [1.54, 1.807) is 0 Å². The number of ether oxygens (including phenoxy) is 1. The highest BCUT2D eigenvalue weighted by Gasteiger charge is 2.09. The van der Waals surface area contributed by atoms with Gasteiger partial charge in [0.25, 0.3) is 0 Å². The Morgan fingerprint density at radius 3 is 2.75 bits per heavy atom. The molecule has 94 valence electrons. The summed E-state index contributed by atoms with van der Waals surface area (Å²) in [5, 5.41) is 6.16. The zero-order chi connectivity index (χ0) is 11.8. The molecule has 0 aromatic heterocycles. The fraction of sp³-hybridized carbons (Fsp3) is 0.909. The Balaban J connectivity index is 1.99. The van der Waals surface area contributed by atoms with E-state index in [1.807, 2.05) is 13.8 Å². The second kappa shape index (κ2) is 7.60. The lowest BCUT2D eigenvalue weighted by Gasteiger charge is -2.27. The predicted octanol–water partition coefficient (Wildman–Crippen LogP) is -0.567. The maximum atomic E-state index is 11.3. The summed E-state index contributed by atoms with van der Waals surface area (Å²) >= 11 is 0. The van der Waals surface area contributed by atoms with E-state index in [0.717, 1.165) is 32.7 Å². The Kier molecular flexibility index (Phi) is 6.37. The Morgan fingerprint density at radius 2 is 2.12 bits per heavy atom. The zero-order valence-electron chi connectivity index (χ0n) is 10.3. The lowest BCUT2D eigenvalue weighted by Crippen LogP contribution is -2.46. The second-order valence-corrected chi connectivity index (χ2v) is 4.30. The number of rotatable bonds is 6. The highest BCUT2D eigenvalue weighted by Crippen LogP contribution is 1.90. The Hall–Kier alpha value is -0.650. The van der Waals surface area contributed by atoms with E-state index < -0.39 is 0 Å². The van der Waals surface area contributed by atoms with Gasteiger partial charge in [0.1, 0.15) is 6.61 Å². The van der Waals surface area contributed by atoms with Crippen LogP contribution < -0.4 is 10.6 Å². The minimum Gasteiger partial charge on any atom is -0.369 e. The summed E-state index contributed by atoms with van der Waals surface area (Å²) in [4.78, 5) is 13.7. The maximum Gasteiger partial charge on any atom is 0.246 e. The van der Waals surface area contributed by atoms with Crippen LogP contribution in [0.4, 0.5) is 0 Å². The number of carbonyl (C=O) groups excluding carboxylic acids is 1. The van der Waals surface area contributed by atoms with Crippen LogP contribution in [0.1, 0.15) is 13.8 Å². The van der Waals surface area contributed by atoms with Crippen molar-refractivity contribution in [1.82, 2.24) is 15.5 Å². The number of piperazine rings is 1. The second-order valence-electron chi connectivity index (χ2n) is 4.30. The van der Waals surface area contributed by atoms with Crippen molar-refractivity contribution >= 4 is 5.91 Å². The van der Waals surface area contributed by atoms with Gasteiger partial charge in [-0.2, -0.15) is 0 Å². The van der Waals surface area contributed by atoms with Gasteiger partial charge in [0.15, 0.2) is 0 Å². The molecule has 1 aliphatic heterocycles. The van der Waals surface area contributed by atoms with E-state index in [2.05, 4.69) is 15.5 Å². The Labute approximate surface area is 97.5 Å². The van der Waals surface area contributed by atoms with E-state index >= 15 is 0 Å². The third-order valence-electron chi connectivity index (χ3n) is 2.51. The molecular weight excluding hydrogens is 206 g/mol. The molecule has 0 spiro atoms. The average Bonchev–Trinajstić information content (AvgIpc) is 2.28. The molecule has 1 fully saturated rings. The first kappa shape index (κ1) is 13.4. The lowest BCUT2D eigenvalue weighted by molar-refractivity contribution is -0.127. The number of nitrogens with zero attached hydrogens (tertiary/aromatic N) is 1. The minimum absolute atomic E-state index is 0.0242. The smallest absolute Gasteiger partial charge is 0.246 e. The number of hydrogen-bond acceptors (Lipinski definition) is 4. The number of nitrogens with one attached hydrogen (secondary N) is 2. The molecule has 0 saturated carbocycles. The van der Waals surface area contributed by atoms with Crippen molar-refractivity contribution in [2.75, 3.05) is 45.9 Å². The molecule has 0 unspecified atom stereocenters. The Morgan fingerprint density at radius 1 is 1.44 bits per heavy atom. The van der Waals surface area contributed by atoms with Gasteiger partial charge in [-0.15, -0.1) is 0 Å². The first-order chi connectivity index (χ1) is 7.68. The van der Waals surface area contributed by atoms with Crippen molar-refractivity contribution < 1.29 is 9.53 Å². The molecule has 1 aliphatic rings. The molecule has 1 rings (SSSR count). The molecule has 5 nitrogen and oxygen atoms in total. The van der Waals surface area contributed by atoms with E-state index in [4.69, 9.17) is 4.74 Å². The summed E-state index contributed by atoms with van der Waals surface area (Å²) in [6, 6.07) is 0. The largest absolute Gasteiger partial charge is 0.369 e. The van der Waals surface area contributed by atoms with Gasteiger partial charge >= 0.3 is 0 Å². The fourth-order valence-corrected chi connectivity index (χ4v) is 1.58. The van der Waals surface area contributed by atoms with Crippen LogP contribution in [-0.2, 0) is 9.53 Å². The summed E-state index contributed by atoms with van der Waals surface area (Å²) in [6.07, 6.45) is 0.110. The van der Waals surface area contributed by atoms with Gasteiger partial charge in [-0.25, -0.2) is 0 Å². The van der Waals surface area contributed by atoms with Gasteiger partial charge in [-0.3, -0.25) is 9.69 Å². The third kappa shape index (κ3) is 6.05.